The number of allylic oxidation sites excluding steroid dienone is 1. The number of ketones is 2. The molecule has 0 unspecified atom stereocenters. The first-order valence-electron chi connectivity index (χ1n) is 7.93. The summed E-state index contributed by atoms with van der Waals surface area (Å²) in [4.78, 5) is 24.3. The Morgan fingerprint density at radius 1 is 1.22 bits per heavy atom. The summed E-state index contributed by atoms with van der Waals surface area (Å²) in [5.41, 5.74) is 0.761. The van der Waals surface area contributed by atoms with Crippen LogP contribution < -0.4 is 0 Å². The Hall–Kier alpha value is -1.94. The molecule has 0 spiro atoms. The lowest BCUT2D eigenvalue weighted by Crippen LogP contribution is -2.47. The van der Waals surface area contributed by atoms with Crippen LogP contribution in [-0.4, -0.2) is 27.4 Å². The third-order valence-electron chi connectivity index (χ3n) is 4.71. The molecule has 4 heteroatoms. The molecule has 1 aromatic carbocycles. The number of carbonyl (C=O) groups is 2. The predicted molar refractivity (Wildman–Crippen MR) is 88.3 cm³/mol. The average Bonchev–Trinajstić information content (AvgIpc) is 2.44. The van der Waals surface area contributed by atoms with Gasteiger partial charge in [-0.25, -0.2) is 0 Å². The van der Waals surface area contributed by atoms with Crippen molar-refractivity contribution in [3.63, 3.8) is 0 Å². The van der Waals surface area contributed by atoms with Crippen LogP contribution in [0.1, 0.15) is 51.2 Å². The normalized spacial score (nSPS) is 27.9. The zero-order valence-electron chi connectivity index (χ0n) is 14.1. The van der Waals surface area contributed by atoms with E-state index in [1.54, 1.807) is 6.92 Å². The van der Waals surface area contributed by atoms with Gasteiger partial charge in [-0.3, -0.25) is 9.59 Å². The fraction of sp³-hybridized carbons (Fsp3) is 0.474. The smallest absolute Gasteiger partial charge is 0.159 e. The van der Waals surface area contributed by atoms with E-state index in [1.807, 2.05) is 31.2 Å². The number of aliphatic hydroxyl groups is 2. The number of Topliss-reactive ketones (excluding diaryl/α,β-unsaturated/α-hetero) is 2. The average molecular weight is 316 g/mol. The Bertz CT molecular complexity index is 652. The van der Waals surface area contributed by atoms with Crippen LogP contribution >= 0.6 is 0 Å². The number of carbonyl (C=O) groups excluding carboxylic acids is 2. The van der Waals surface area contributed by atoms with Gasteiger partial charge in [0, 0.05) is 17.9 Å². The zero-order valence-corrected chi connectivity index (χ0v) is 14.1. The summed E-state index contributed by atoms with van der Waals surface area (Å²) in [5.74, 6) is -1.96. The van der Waals surface area contributed by atoms with Gasteiger partial charge in [0.1, 0.15) is 11.5 Å². The molecule has 4 nitrogen and oxygen atoms in total. The lowest BCUT2D eigenvalue weighted by molar-refractivity contribution is -0.132. The van der Waals surface area contributed by atoms with Crippen LogP contribution in [0.2, 0.25) is 0 Å². The summed E-state index contributed by atoms with van der Waals surface area (Å²) in [6, 6.07) is 7.64. The van der Waals surface area contributed by atoms with Gasteiger partial charge < -0.3 is 10.2 Å². The predicted octanol–water partition coefficient (Wildman–Crippen LogP) is 3.09. The molecule has 0 saturated carbocycles. The minimum Gasteiger partial charge on any atom is -0.512 e. The Morgan fingerprint density at radius 3 is 2.22 bits per heavy atom. The summed E-state index contributed by atoms with van der Waals surface area (Å²) in [6.07, 6.45) is 0.801. The molecule has 3 atom stereocenters. The second-order valence-electron chi connectivity index (χ2n) is 6.61. The monoisotopic (exact) mass is 316 g/mol. The molecule has 1 aliphatic rings. The Morgan fingerprint density at radius 2 is 1.78 bits per heavy atom. The largest absolute Gasteiger partial charge is 0.512 e. The molecule has 0 fully saturated rings. The minimum atomic E-state index is -1.39. The van der Waals surface area contributed by atoms with Crippen LogP contribution in [0.25, 0.3) is 0 Å². The molecule has 0 radical (unpaired) electrons. The molecule has 23 heavy (non-hydrogen) atoms. The van der Waals surface area contributed by atoms with E-state index in [9.17, 15) is 19.8 Å². The lowest BCUT2D eigenvalue weighted by Gasteiger charge is -2.42. The van der Waals surface area contributed by atoms with Crippen molar-refractivity contribution in [1.82, 2.24) is 0 Å². The van der Waals surface area contributed by atoms with Crippen molar-refractivity contribution in [2.45, 2.75) is 52.1 Å². The molecule has 0 bridgehead atoms. The van der Waals surface area contributed by atoms with E-state index < -0.39 is 17.4 Å². The summed E-state index contributed by atoms with van der Waals surface area (Å²) < 4.78 is 0. The second kappa shape index (κ2) is 6.28. The number of aliphatic hydroxyl groups excluding tert-OH is 1. The van der Waals surface area contributed by atoms with Gasteiger partial charge in [0.05, 0.1) is 11.5 Å². The van der Waals surface area contributed by atoms with Gasteiger partial charge in [-0.1, -0.05) is 31.2 Å². The van der Waals surface area contributed by atoms with Crippen molar-refractivity contribution in [2.24, 2.45) is 5.92 Å². The standard InChI is InChI=1S/C19H24O4/c1-5-13-6-8-14(9-7-13)17-16(11(2)20)15(22)10-19(4,23)18(17)12(3)21/h6-9,17-18,22-23H,5,10H2,1-4H3/t17-,18+,19+/m0/s1. The van der Waals surface area contributed by atoms with E-state index in [0.717, 1.165) is 17.5 Å². The van der Waals surface area contributed by atoms with Gasteiger partial charge in [-0.15, -0.1) is 0 Å². The molecule has 0 aliphatic heterocycles. The Labute approximate surface area is 136 Å². The Kier molecular flexibility index (Phi) is 4.76. The van der Waals surface area contributed by atoms with Gasteiger partial charge in [-0.2, -0.15) is 0 Å². The third kappa shape index (κ3) is 3.22. The van der Waals surface area contributed by atoms with Crippen molar-refractivity contribution in [2.75, 3.05) is 0 Å². The molecule has 2 rings (SSSR count). The highest BCUT2D eigenvalue weighted by Crippen LogP contribution is 2.46. The van der Waals surface area contributed by atoms with E-state index in [1.165, 1.54) is 13.8 Å². The van der Waals surface area contributed by atoms with E-state index in [0.29, 0.717) is 0 Å². The number of aryl methyl sites for hydroxylation is 1. The molecular weight excluding hydrogens is 292 g/mol. The highest BCUT2D eigenvalue weighted by Gasteiger charge is 2.49. The summed E-state index contributed by atoms with van der Waals surface area (Å²) in [5, 5.41) is 21.0. The highest BCUT2D eigenvalue weighted by molar-refractivity contribution is 5.97. The Balaban J connectivity index is 2.65. The van der Waals surface area contributed by atoms with Gasteiger partial charge in [-0.05, 0) is 38.3 Å². The van der Waals surface area contributed by atoms with E-state index >= 15 is 0 Å². The maximum Gasteiger partial charge on any atom is 0.159 e. The number of hydrogen-bond donors (Lipinski definition) is 2. The first-order valence-corrected chi connectivity index (χ1v) is 7.93. The van der Waals surface area contributed by atoms with Crippen molar-refractivity contribution in [1.29, 1.82) is 0 Å². The molecular formula is C19H24O4. The fourth-order valence-electron chi connectivity index (χ4n) is 3.66. The minimum absolute atomic E-state index is 0.0876. The van der Waals surface area contributed by atoms with Gasteiger partial charge >= 0.3 is 0 Å². The lowest BCUT2D eigenvalue weighted by atomic mass is 9.64. The number of benzene rings is 1. The topological polar surface area (TPSA) is 74.6 Å². The molecule has 0 saturated heterocycles. The van der Waals surface area contributed by atoms with E-state index in [-0.39, 0.29) is 29.3 Å². The van der Waals surface area contributed by atoms with E-state index in [2.05, 4.69) is 0 Å². The van der Waals surface area contributed by atoms with Crippen molar-refractivity contribution in [3.8, 4) is 0 Å². The molecule has 0 amide bonds. The first-order chi connectivity index (χ1) is 10.7. The summed E-state index contributed by atoms with van der Waals surface area (Å²) in [6.45, 7) is 6.40. The molecule has 1 aliphatic carbocycles. The highest BCUT2D eigenvalue weighted by atomic mass is 16.3. The van der Waals surface area contributed by atoms with Crippen LogP contribution in [-0.2, 0) is 16.0 Å². The van der Waals surface area contributed by atoms with Gasteiger partial charge in [0.15, 0.2) is 5.78 Å². The second-order valence-corrected chi connectivity index (χ2v) is 6.61. The van der Waals surface area contributed by atoms with Crippen LogP contribution in [0.5, 0.6) is 0 Å². The van der Waals surface area contributed by atoms with Gasteiger partial charge in [0.2, 0.25) is 0 Å². The van der Waals surface area contributed by atoms with Crippen molar-refractivity contribution in [3.05, 3.63) is 46.7 Å². The quantitative estimate of drug-likeness (QED) is 0.895. The molecule has 2 N–H and O–H groups in total. The summed E-state index contributed by atoms with van der Waals surface area (Å²) in [7, 11) is 0. The van der Waals surface area contributed by atoms with Crippen LogP contribution in [0.15, 0.2) is 35.6 Å². The molecule has 124 valence electrons. The molecule has 1 aromatic rings. The van der Waals surface area contributed by atoms with Crippen LogP contribution in [0, 0.1) is 5.92 Å². The first kappa shape index (κ1) is 17.4. The fourth-order valence-corrected chi connectivity index (χ4v) is 3.66. The number of rotatable bonds is 4. The van der Waals surface area contributed by atoms with Crippen LogP contribution in [0.4, 0.5) is 0 Å². The van der Waals surface area contributed by atoms with Gasteiger partial charge in [0.25, 0.3) is 0 Å². The van der Waals surface area contributed by atoms with Crippen molar-refractivity contribution >= 4 is 11.6 Å². The zero-order chi connectivity index (χ0) is 17.4. The third-order valence-corrected chi connectivity index (χ3v) is 4.71. The molecule has 0 aromatic heterocycles. The maximum atomic E-state index is 12.2. The SMILES string of the molecule is CCc1ccc([C@H]2C(C(C)=O)=C(O)C[C@@](C)(O)[C@@H]2C(C)=O)cc1. The summed E-state index contributed by atoms with van der Waals surface area (Å²) >= 11 is 0. The van der Waals surface area contributed by atoms with Crippen molar-refractivity contribution < 1.29 is 19.8 Å². The van der Waals surface area contributed by atoms with E-state index in [4.69, 9.17) is 0 Å². The van der Waals surface area contributed by atoms with Crippen LogP contribution in [0.3, 0.4) is 0 Å². The number of hydrogen-bond acceptors (Lipinski definition) is 4. The maximum absolute atomic E-state index is 12.2. The molecule has 0 heterocycles.